The molecule has 1 amide bonds. The Bertz CT molecular complexity index is 1190. The summed E-state index contributed by atoms with van der Waals surface area (Å²) in [5.74, 6) is 0.189. The largest absolute Gasteiger partial charge is 0.482 e. The van der Waals surface area contributed by atoms with Crippen LogP contribution in [-0.2, 0) is 13.2 Å². The molecule has 3 aromatic carbocycles. The third-order valence-electron chi connectivity index (χ3n) is 5.83. The van der Waals surface area contributed by atoms with Gasteiger partial charge in [-0.25, -0.2) is 0 Å². The number of carbonyl (C=O) groups is 1. The summed E-state index contributed by atoms with van der Waals surface area (Å²) >= 11 is 6.08. The predicted molar refractivity (Wildman–Crippen MR) is 131 cm³/mol. The second-order valence-electron chi connectivity index (χ2n) is 8.42. The monoisotopic (exact) mass is 479 g/mol. The smallest absolute Gasteiger partial charge is 0.311 e. The number of nitro groups is 1. The van der Waals surface area contributed by atoms with Crippen LogP contribution in [0.1, 0.15) is 27.0 Å². The SMILES string of the molecule is Cc1ccc(OCc2cccc(C(=O)N3CCN(Cc4cccc(Cl)c4)CC3)c2)c([N+](=O)[O-])c1. The molecule has 1 aliphatic rings. The van der Waals surface area contributed by atoms with E-state index >= 15 is 0 Å². The van der Waals surface area contributed by atoms with E-state index in [1.54, 1.807) is 31.2 Å². The van der Waals surface area contributed by atoms with Gasteiger partial charge >= 0.3 is 5.69 Å². The van der Waals surface area contributed by atoms with Crippen molar-refractivity contribution >= 4 is 23.2 Å². The number of aryl methyl sites for hydroxylation is 1. The summed E-state index contributed by atoms with van der Waals surface area (Å²) in [6.45, 7) is 5.61. The highest BCUT2D eigenvalue weighted by atomic mass is 35.5. The number of nitro benzene ring substituents is 1. The molecule has 176 valence electrons. The van der Waals surface area contributed by atoms with Crippen LogP contribution < -0.4 is 4.74 Å². The number of ether oxygens (including phenoxy) is 1. The van der Waals surface area contributed by atoms with Crippen LogP contribution in [-0.4, -0.2) is 46.8 Å². The molecule has 1 saturated heterocycles. The van der Waals surface area contributed by atoms with Crippen molar-refractivity contribution in [2.75, 3.05) is 26.2 Å². The van der Waals surface area contributed by atoms with Crippen molar-refractivity contribution in [1.82, 2.24) is 9.80 Å². The molecule has 0 atom stereocenters. The third-order valence-corrected chi connectivity index (χ3v) is 6.07. The van der Waals surface area contributed by atoms with Crippen molar-refractivity contribution < 1.29 is 14.5 Å². The molecule has 3 aromatic rings. The Balaban J connectivity index is 1.35. The number of piperazine rings is 1. The first-order chi connectivity index (χ1) is 16.4. The van der Waals surface area contributed by atoms with Crippen molar-refractivity contribution in [3.8, 4) is 5.75 Å². The minimum absolute atomic E-state index is 0.0226. The quantitative estimate of drug-likeness (QED) is 0.348. The van der Waals surface area contributed by atoms with Crippen molar-refractivity contribution in [2.24, 2.45) is 0 Å². The average molecular weight is 480 g/mol. The minimum Gasteiger partial charge on any atom is -0.482 e. The molecule has 1 fully saturated rings. The molecule has 0 saturated carbocycles. The van der Waals surface area contributed by atoms with Gasteiger partial charge in [0.25, 0.3) is 5.91 Å². The second kappa shape index (κ2) is 10.7. The molecule has 0 N–H and O–H groups in total. The van der Waals surface area contributed by atoms with E-state index in [0.717, 1.165) is 41.3 Å². The molecule has 0 unspecified atom stereocenters. The van der Waals surface area contributed by atoms with Crippen LogP contribution in [0.25, 0.3) is 0 Å². The number of rotatable bonds is 7. The lowest BCUT2D eigenvalue weighted by Gasteiger charge is -2.35. The Kier molecular flexibility index (Phi) is 7.45. The Morgan fingerprint density at radius 1 is 1.00 bits per heavy atom. The van der Waals surface area contributed by atoms with Gasteiger partial charge in [0.05, 0.1) is 4.92 Å². The molecule has 0 aromatic heterocycles. The van der Waals surface area contributed by atoms with E-state index in [4.69, 9.17) is 16.3 Å². The number of nitrogens with zero attached hydrogens (tertiary/aromatic N) is 3. The maximum absolute atomic E-state index is 13.1. The summed E-state index contributed by atoms with van der Waals surface area (Å²) in [6, 6.07) is 19.9. The molecular weight excluding hydrogens is 454 g/mol. The normalized spacial score (nSPS) is 14.1. The summed E-state index contributed by atoms with van der Waals surface area (Å²) in [7, 11) is 0. The summed E-state index contributed by atoms with van der Waals surface area (Å²) < 4.78 is 5.72. The first-order valence-electron chi connectivity index (χ1n) is 11.1. The van der Waals surface area contributed by atoms with E-state index in [-0.39, 0.29) is 24.0 Å². The Morgan fingerprint density at radius 3 is 2.47 bits per heavy atom. The molecule has 1 heterocycles. The van der Waals surface area contributed by atoms with Gasteiger partial charge in [-0.15, -0.1) is 0 Å². The van der Waals surface area contributed by atoms with Crippen LogP contribution >= 0.6 is 11.6 Å². The summed E-state index contributed by atoms with van der Waals surface area (Å²) in [6.07, 6.45) is 0. The fourth-order valence-electron chi connectivity index (χ4n) is 4.03. The van der Waals surface area contributed by atoms with Gasteiger partial charge in [0, 0.05) is 49.4 Å². The number of halogens is 1. The molecule has 8 heteroatoms. The predicted octanol–water partition coefficient (Wildman–Crippen LogP) is 5.09. The fourth-order valence-corrected chi connectivity index (χ4v) is 4.25. The van der Waals surface area contributed by atoms with Crippen LogP contribution in [0.3, 0.4) is 0 Å². The topological polar surface area (TPSA) is 75.9 Å². The number of amides is 1. The van der Waals surface area contributed by atoms with E-state index in [1.165, 1.54) is 6.07 Å². The zero-order valence-corrected chi connectivity index (χ0v) is 19.7. The van der Waals surface area contributed by atoms with Crippen molar-refractivity contribution in [1.29, 1.82) is 0 Å². The molecule has 0 aliphatic carbocycles. The lowest BCUT2D eigenvalue weighted by atomic mass is 10.1. The number of hydrogen-bond acceptors (Lipinski definition) is 5. The number of hydrogen-bond donors (Lipinski definition) is 0. The molecule has 7 nitrogen and oxygen atoms in total. The van der Waals surface area contributed by atoms with E-state index in [1.807, 2.05) is 35.2 Å². The van der Waals surface area contributed by atoms with Crippen LogP contribution in [0.2, 0.25) is 5.02 Å². The van der Waals surface area contributed by atoms with Gasteiger partial charge in [0.1, 0.15) is 6.61 Å². The third kappa shape index (κ3) is 5.92. The van der Waals surface area contributed by atoms with E-state index in [0.29, 0.717) is 18.7 Å². The highest BCUT2D eigenvalue weighted by Gasteiger charge is 2.22. The van der Waals surface area contributed by atoms with Gasteiger partial charge in [-0.05, 0) is 53.9 Å². The maximum atomic E-state index is 13.1. The van der Waals surface area contributed by atoms with E-state index < -0.39 is 4.92 Å². The molecule has 34 heavy (non-hydrogen) atoms. The van der Waals surface area contributed by atoms with E-state index in [2.05, 4.69) is 11.0 Å². The van der Waals surface area contributed by atoms with Gasteiger partial charge in [0.15, 0.2) is 5.75 Å². The van der Waals surface area contributed by atoms with E-state index in [9.17, 15) is 14.9 Å². The van der Waals surface area contributed by atoms with Gasteiger partial charge in [-0.1, -0.05) is 41.9 Å². The average Bonchev–Trinajstić information content (AvgIpc) is 2.83. The maximum Gasteiger partial charge on any atom is 0.311 e. The van der Waals surface area contributed by atoms with Crippen LogP contribution in [0.15, 0.2) is 66.7 Å². The highest BCUT2D eigenvalue weighted by Crippen LogP contribution is 2.28. The van der Waals surface area contributed by atoms with Crippen molar-refractivity contribution in [3.05, 3.63) is 104 Å². The van der Waals surface area contributed by atoms with Gasteiger partial charge < -0.3 is 9.64 Å². The van der Waals surface area contributed by atoms with Crippen LogP contribution in [0.4, 0.5) is 5.69 Å². The Labute approximate surface area is 203 Å². The summed E-state index contributed by atoms with van der Waals surface area (Å²) in [5.41, 5.74) is 3.25. The number of benzene rings is 3. The molecule has 0 spiro atoms. The first kappa shape index (κ1) is 23.7. The lowest BCUT2D eigenvalue weighted by Crippen LogP contribution is -2.48. The molecule has 0 bridgehead atoms. The highest BCUT2D eigenvalue weighted by molar-refractivity contribution is 6.30. The fraction of sp³-hybridized carbons (Fsp3) is 0.269. The zero-order valence-electron chi connectivity index (χ0n) is 18.9. The Hall–Kier alpha value is -3.42. The van der Waals surface area contributed by atoms with Gasteiger partial charge in [-0.3, -0.25) is 19.8 Å². The van der Waals surface area contributed by atoms with Gasteiger partial charge in [-0.2, -0.15) is 0 Å². The minimum atomic E-state index is -0.450. The van der Waals surface area contributed by atoms with Crippen molar-refractivity contribution in [3.63, 3.8) is 0 Å². The summed E-state index contributed by atoms with van der Waals surface area (Å²) in [5, 5.41) is 12.0. The number of carbonyl (C=O) groups excluding carboxylic acids is 1. The zero-order chi connectivity index (χ0) is 24.1. The summed E-state index contributed by atoms with van der Waals surface area (Å²) in [4.78, 5) is 28.1. The van der Waals surface area contributed by atoms with Gasteiger partial charge in [0.2, 0.25) is 0 Å². The van der Waals surface area contributed by atoms with Crippen LogP contribution in [0.5, 0.6) is 5.75 Å². The second-order valence-corrected chi connectivity index (χ2v) is 8.85. The standard InChI is InChI=1S/C26H26ClN3O4/c1-19-8-9-25(24(14-19)30(32)33)34-18-21-5-2-6-22(15-21)26(31)29-12-10-28(11-13-29)17-20-4-3-7-23(27)16-20/h2-9,14-16H,10-13,17-18H2,1H3. The molecule has 4 rings (SSSR count). The lowest BCUT2D eigenvalue weighted by molar-refractivity contribution is -0.386. The molecule has 0 radical (unpaired) electrons. The Morgan fingerprint density at radius 2 is 1.74 bits per heavy atom. The molecule has 1 aliphatic heterocycles. The first-order valence-corrected chi connectivity index (χ1v) is 11.5. The van der Waals surface area contributed by atoms with Crippen LogP contribution in [0, 0.1) is 17.0 Å². The van der Waals surface area contributed by atoms with Crippen molar-refractivity contribution in [2.45, 2.75) is 20.1 Å². The molecular formula is C26H26ClN3O4.